The Morgan fingerprint density at radius 3 is 2.84 bits per heavy atom. The van der Waals surface area contributed by atoms with Gasteiger partial charge in [-0.25, -0.2) is 0 Å². The fourth-order valence-electron chi connectivity index (χ4n) is 1.80. The van der Waals surface area contributed by atoms with Crippen molar-refractivity contribution in [2.45, 2.75) is 6.54 Å². The second-order valence-electron chi connectivity index (χ2n) is 4.36. The molecule has 0 aliphatic carbocycles. The van der Waals surface area contributed by atoms with E-state index < -0.39 is 0 Å². The number of nitrogens with two attached hydrogens (primary N) is 1. The molecular formula is C13H15BrN4O. The van der Waals surface area contributed by atoms with Gasteiger partial charge in [0.1, 0.15) is 11.4 Å². The van der Waals surface area contributed by atoms with Crippen LogP contribution in [0.15, 0.2) is 34.9 Å². The predicted molar refractivity (Wildman–Crippen MR) is 77.6 cm³/mol. The van der Waals surface area contributed by atoms with Crippen LogP contribution < -0.4 is 5.73 Å². The lowest BCUT2D eigenvalue weighted by atomic mass is 10.2. The van der Waals surface area contributed by atoms with E-state index in [1.807, 2.05) is 24.3 Å². The Kier molecular flexibility index (Phi) is 3.90. The Morgan fingerprint density at radius 1 is 1.53 bits per heavy atom. The average Bonchev–Trinajstić information content (AvgIpc) is 2.69. The fraction of sp³-hybridized carbons (Fsp3) is 0.231. The van der Waals surface area contributed by atoms with Crippen LogP contribution >= 0.6 is 15.9 Å². The molecule has 2 aromatic rings. The molecule has 1 heterocycles. The van der Waals surface area contributed by atoms with Crippen molar-refractivity contribution in [2.75, 3.05) is 12.8 Å². The molecule has 5 nitrogen and oxygen atoms in total. The quantitative estimate of drug-likeness (QED) is 0.940. The van der Waals surface area contributed by atoms with Crippen molar-refractivity contribution in [1.29, 1.82) is 0 Å². The van der Waals surface area contributed by atoms with Crippen LogP contribution in [-0.4, -0.2) is 27.6 Å². The van der Waals surface area contributed by atoms with Crippen molar-refractivity contribution < 1.29 is 4.79 Å². The molecule has 19 heavy (non-hydrogen) atoms. The third-order valence-corrected chi connectivity index (χ3v) is 3.36. The maximum absolute atomic E-state index is 12.2. The SMILES string of the molecule is CN(Cc1cccc(Br)c1)C(=O)c1cnn(C)c1N. The number of aromatic nitrogens is 2. The van der Waals surface area contributed by atoms with Crippen molar-refractivity contribution in [3.63, 3.8) is 0 Å². The summed E-state index contributed by atoms with van der Waals surface area (Å²) in [6.45, 7) is 0.520. The first-order valence-electron chi connectivity index (χ1n) is 5.76. The highest BCUT2D eigenvalue weighted by Crippen LogP contribution is 2.16. The van der Waals surface area contributed by atoms with Gasteiger partial charge >= 0.3 is 0 Å². The third kappa shape index (κ3) is 2.96. The molecule has 0 aliphatic heterocycles. The molecule has 0 unspecified atom stereocenters. The van der Waals surface area contributed by atoms with Gasteiger partial charge in [0, 0.05) is 25.1 Å². The minimum atomic E-state index is -0.134. The summed E-state index contributed by atoms with van der Waals surface area (Å²) in [5, 5.41) is 3.98. The lowest BCUT2D eigenvalue weighted by molar-refractivity contribution is 0.0786. The topological polar surface area (TPSA) is 64.2 Å². The molecule has 2 rings (SSSR count). The van der Waals surface area contributed by atoms with Gasteiger partial charge in [0.15, 0.2) is 0 Å². The van der Waals surface area contributed by atoms with E-state index in [0.29, 0.717) is 17.9 Å². The van der Waals surface area contributed by atoms with Crippen molar-refractivity contribution >= 4 is 27.7 Å². The van der Waals surface area contributed by atoms with E-state index >= 15 is 0 Å². The maximum Gasteiger partial charge on any atom is 0.259 e. The zero-order valence-corrected chi connectivity index (χ0v) is 12.4. The molecule has 2 N–H and O–H groups in total. The minimum absolute atomic E-state index is 0.134. The molecule has 0 atom stereocenters. The number of rotatable bonds is 3. The van der Waals surface area contributed by atoms with E-state index in [0.717, 1.165) is 10.0 Å². The molecular weight excluding hydrogens is 308 g/mol. The summed E-state index contributed by atoms with van der Waals surface area (Å²) in [6, 6.07) is 7.85. The first-order chi connectivity index (χ1) is 8.99. The number of carbonyl (C=O) groups excluding carboxylic acids is 1. The van der Waals surface area contributed by atoms with Crippen LogP contribution in [0.4, 0.5) is 5.82 Å². The first-order valence-corrected chi connectivity index (χ1v) is 6.55. The summed E-state index contributed by atoms with van der Waals surface area (Å²) in [5.41, 5.74) is 7.28. The Balaban J connectivity index is 2.14. The van der Waals surface area contributed by atoms with Crippen LogP contribution in [0.1, 0.15) is 15.9 Å². The molecule has 0 bridgehead atoms. The zero-order valence-electron chi connectivity index (χ0n) is 10.8. The monoisotopic (exact) mass is 322 g/mol. The molecule has 1 aromatic carbocycles. The Morgan fingerprint density at radius 2 is 2.26 bits per heavy atom. The second kappa shape index (κ2) is 5.44. The van der Waals surface area contributed by atoms with Gasteiger partial charge in [-0.15, -0.1) is 0 Å². The van der Waals surface area contributed by atoms with Crippen LogP contribution in [0.3, 0.4) is 0 Å². The number of hydrogen-bond donors (Lipinski definition) is 1. The van der Waals surface area contributed by atoms with Gasteiger partial charge in [-0.2, -0.15) is 5.10 Å². The molecule has 0 radical (unpaired) electrons. The lowest BCUT2D eigenvalue weighted by Crippen LogP contribution is -2.26. The number of halogens is 1. The van der Waals surface area contributed by atoms with E-state index in [2.05, 4.69) is 21.0 Å². The van der Waals surface area contributed by atoms with Crippen molar-refractivity contribution in [2.24, 2.45) is 7.05 Å². The molecule has 0 saturated heterocycles. The average molecular weight is 323 g/mol. The summed E-state index contributed by atoms with van der Waals surface area (Å²) in [6.07, 6.45) is 1.50. The summed E-state index contributed by atoms with van der Waals surface area (Å²) in [5.74, 6) is 0.247. The van der Waals surface area contributed by atoms with Crippen LogP contribution in [0.5, 0.6) is 0 Å². The molecule has 1 amide bonds. The van der Waals surface area contributed by atoms with E-state index in [9.17, 15) is 4.79 Å². The van der Waals surface area contributed by atoms with Crippen molar-refractivity contribution in [1.82, 2.24) is 14.7 Å². The van der Waals surface area contributed by atoms with Crippen molar-refractivity contribution in [3.05, 3.63) is 46.1 Å². The molecule has 1 aromatic heterocycles. The number of nitrogens with zero attached hydrogens (tertiary/aromatic N) is 3. The molecule has 100 valence electrons. The summed E-state index contributed by atoms with van der Waals surface area (Å²) >= 11 is 3.41. The highest BCUT2D eigenvalue weighted by molar-refractivity contribution is 9.10. The molecule has 0 spiro atoms. The highest BCUT2D eigenvalue weighted by atomic mass is 79.9. The smallest absolute Gasteiger partial charge is 0.259 e. The van der Waals surface area contributed by atoms with Gasteiger partial charge in [0.2, 0.25) is 0 Å². The van der Waals surface area contributed by atoms with Crippen LogP contribution in [-0.2, 0) is 13.6 Å². The highest BCUT2D eigenvalue weighted by Gasteiger charge is 2.17. The van der Waals surface area contributed by atoms with Crippen LogP contribution in [0.25, 0.3) is 0 Å². The van der Waals surface area contributed by atoms with Crippen molar-refractivity contribution in [3.8, 4) is 0 Å². The standard InChI is InChI=1S/C13H15BrN4O/c1-17(8-9-4-3-5-10(14)6-9)13(19)11-7-16-18(2)12(11)15/h3-7H,8,15H2,1-2H3. The Labute approximate surface area is 120 Å². The maximum atomic E-state index is 12.2. The van der Waals surface area contributed by atoms with Gasteiger partial charge in [-0.1, -0.05) is 28.1 Å². The largest absolute Gasteiger partial charge is 0.383 e. The summed E-state index contributed by atoms with van der Waals surface area (Å²) in [7, 11) is 3.45. The zero-order chi connectivity index (χ0) is 14.0. The number of hydrogen-bond acceptors (Lipinski definition) is 3. The number of carbonyl (C=O) groups is 1. The Bertz CT molecular complexity index is 608. The van der Waals surface area contributed by atoms with Gasteiger partial charge in [0.05, 0.1) is 6.20 Å². The van der Waals surface area contributed by atoms with E-state index in [-0.39, 0.29) is 5.91 Å². The molecule has 0 aliphatic rings. The normalized spacial score (nSPS) is 10.5. The van der Waals surface area contributed by atoms with E-state index in [1.165, 1.54) is 10.9 Å². The van der Waals surface area contributed by atoms with E-state index in [1.54, 1.807) is 19.0 Å². The van der Waals surface area contributed by atoms with Gasteiger partial charge in [-0.05, 0) is 17.7 Å². The number of amides is 1. The number of benzene rings is 1. The number of aryl methyl sites for hydroxylation is 1. The second-order valence-corrected chi connectivity index (χ2v) is 5.27. The van der Waals surface area contributed by atoms with E-state index in [4.69, 9.17) is 5.73 Å². The fourth-order valence-corrected chi connectivity index (χ4v) is 2.25. The third-order valence-electron chi connectivity index (χ3n) is 2.87. The van der Waals surface area contributed by atoms with Gasteiger partial charge < -0.3 is 10.6 Å². The number of anilines is 1. The predicted octanol–water partition coefficient (Wildman–Crippen LogP) is 2.04. The lowest BCUT2D eigenvalue weighted by Gasteiger charge is -2.17. The first kappa shape index (κ1) is 13.6. The summed E-state index contributed by atoms with van der Waals surface area (Å²) in [4.78, 5) is 13.9. The van der Waals surface area contributed by atoms with Gasteiger partial charge in [0.25, 0.3) is 5.91 Å². The number of nitrogen functional groups attached to an aromatic ring is 1. The molecule has 0 saturated carbocycles. The molecule has 0 fully saturated rings. The minimum Gasteiger partial charge on any atom is -0.383 e. The van der Waals surface area contributed by atoms with Crippen LogP contribution in [0.2, 0.25) is 0 Å². The Hall–Kier alpha value is -1.82. The molecule has 6 heteroatoms. The van der Waals surface area contributed by atoms with Gasteiger partial charge in [-0.3, -0.25) is 9.48 Å². The van der Waals surface area contributed by atoms with Crippen LogP contribution in [0, 0.1) is 0 Å². The summed E-state index contributed by atoms with van der Waals surface area (Å²) < 4.78 is 2.48.